The molecule has 86 valence electrons. The maximum absolute atomic E-state index is 12.3. The Morgan fingerprint density at radius 2 is 1.79 bits per heavy atom. The van der Waals surface area contributed by atoms with Gasteiger partial charge in [-0.15, -0.1) is 0 Å². The number of halogens is 3. The number of ether oxygens (including phenoxy) is 2. The van der Waals surface area contributed by atoms with E-state index in [-0.39, 0.29) is 13.2 Å². The summed E-state index contributed by atoms with van der Waals surface area (Å²) in [5.74, 6) is 0. The molecule has 0 saturated heterocycles. The van der Waals surface area contributed by atoms with E-state index in [1.54, 1.807) is 0 Å². The zero-order chi connectivity index (χ0) is 11.2. The molecule has 0 aliphatic heterocycles. The molecule has 6 heteroatoms. The lowest BCUT2D eigenvalue weighted by Crippen LogP contribution is -2.48. The third-order valence-corrected chi connectivity index (χ3v) is 1.89. The lowest BCUT2D eigenvalue weighted by atomic mass is 10.0. The minimum Gasteiger partial charge on any atom is -0.382 e. The van der Waals surface area contributed by atoms with E-state index in [1.807, 2.05) is 0 Å². The number of hydrogen-bond acceptors (Lipinski definition) is 3. The van der Waals surface area contributed by atoms with Gasteiger partial charge in [-0.05, 0) is 6.42 Å². The molecule has 0 heterocycles. The summed E-state index contributed by atoms with van der Waals surface area (Å²) in [5.41, 5.74) is -2.75. The number of hydrogen-bond donors (Lipinski definition) is 1. The molecule has 14 heavy (non-hydrogen) atoms. The molecule has 0 aromatic carbocycles. The number of rotatable bonds is 6. The molecule has 0 bridgehead atoms. The van der Waals surface area contributed by atoms with Crippen LogP contribution in [0.15, 0.2) is 0 Å². The van der Waals surface area contributed by atoms with Gasteiger partial charge in [0.1, 0.15) is 0 Å². The molecule has 0 saturated carbocycles. The van der Waals surface area contributed by atoms with Crippen LogP contribution < -0.4 is 0 Å². The third kappa shape index (κ3) is 3.81. The van der Waals surface area contributed by atoms with Crippen molar-refractivity contribution in [2.75, 3.05) is 26.9 Å². The van der Waals surface area contributed by atoms with E-state index in [2.05, 4.69) is 9.47 Å². The summed E-state index contributed by atoms with van der Waals surface area (Å²) in [7, 11) is 1.42. The van der Waals surface area contributed by atoms with Crippen molar-refractivity contribution in [3.05, 3.63) is 0 Å². The number of methoxy groups -OCH3 is 1. The van der Waals surface area contributed by atoms with Crippen LogP contribution in [0, 0.1) is 0 Å². The first-order valence-electron chi connectivity index (χ1n) is 4.23. The number of aliphatic hydroxyl groups is 1. The van der Waals surface area contributed by atoms with Gasteiger partial charge in [-0.2, -0.15) is 13.2 Å². The normalized spacial score (nSPS) is 16.7. The summed E-state index contributed by atoms with van der Waals surface area (Å²) in [5, 5.41) is 9.17. The highest BCUT2D eigenvalue weighted by Crippen LogP contribution is 2.33. The van der Waals surface area contributed by atoms with Gasteiger partial charge in [0, 0.05) is 7.11 Å². The minimum absolute atomic E-state index is 0.0366. The lowest BCUT2D eigenvalue weighted by Gasteiger charge is -2.28. The largest absolute Gasteiger partial charge is 0.419 e. The third-order valence-electron chi connectivity index (χ3n) is 1.89. The molecule has 0 aromatic heterocycles. The molecule has 0 amide bonds. The van der Waals surface area contributed by atoms with Crippen LogP contribution in [-0.2, 0) is 9.47 Å². The Balaban J connectivity index is 4.01. The Kier molecular flexibility index (Phi) is 5.40. The molecule has 0 fully saturated rings. The van der Waals surface area contributed by atoms with Crippen LogP contribution in [0.2, 0.25) is 0 Å². The quantitative estimate of drug-likeness (QED) is 0.681. The van der Waals surface area contributed by atoms with Crippen molar-refractivity contribution in [3.8, 4) is 0 Å². The summed E-state index contributed by atoms with van der Waals surface area (Å²) < 4.78 is 46.0. The Labute approximate surface area is 80.8 Å². The van der Waals surface area contributed by atoms with Crippen molar-refractivity contribution in [2.24, 2.45) is 0 Å². The van der Waals surface area contributed by atoms with E-state index in [9.17, 15) is 13.2 Å². The van der Waals surface area contributed by atoms with Gasteiger partial charge in [0.2, 0.25) is 0 Å². The second kappa shape index (κ2) is 5.53. The fourth-order valence-electron chi connectivity index (χ4n) is 0.768. The topological polar surface area (TPSA) is 38.7 Å². The summed E-state index contributed by atoms with van der Waals surface area (Å²) in [4.78, 5) is 0. The summed E-state index contributed by atoms with van der Waals surface area (Å²) in [6.07, 6.45) is -5.09. The maximum atomic E-state index is 12.3. The van der Waals surface area contributed by atoms with E-state index < -0.39 is 24.8 Å². The highest BCUT2D eigenvalue weighted by molar-refractivity contribution is 4.84. The molecule has 1 N–H and O–H groups in total. The molecule has 0 aromatic rings. The summed E-state index contributed by atoms with van der Waals surface area (Å²) in [6.45, 7) is 0.746. The van der Waals surface area contributed by atoms with Crippen molar-refractivity contribution in [1.82, 2.24) is 0 Å². The second-order valence-corrected chi connectivity index (χ2v) is 2.93. The van der Waals surface area contributed by atoms with Gasteiger partial charge >= 0.3 is 6.18 Å². The Morgan fingerprint density at radius 3 is 2.14 bits per heavy atom. The van der Waals surface area contributed by atoms with Gasteiger partial charge in [-0.25, -0.2) is 0 Å². The SMILES string of the molecule is CCC(O)(COCCOC)C(F)(F)F. The summed E-state index contributed by atoms with van der Waals surface area (Å²) >= 11 is 0. The first-order chi connectivity index (χ1) is 6.37. The zero-order valence-corrected chi connectivity index (χ0v) is 8.23. The van der Waals surface area contributed by atoms with Crippen molar-refractivity contribution in [2.45, 2.75) is 25.1 Å². The highest BCUT2D eigenvalue weighted by atomic mass is 19.4. The van der Waals surface area contributed by atoms with E-state index in [1.165, 1.54) is 14.0 Å². The molecule has 1 unspecified atom stereocenters. The predicted octanol–water partition coefficient (Wildman–Crippen LogP) is 1.35. The first-order valence-corrected chi connectivity index (χ1v) is 4.23. The van der Waals surface area contributed by atoms with Crippen LogP contribution in [0.4, 0.5) is 13.2 Å². The van der Waals surface area contributed by atoms with E-state index in [0.29, 0.717) is 0 Å². The average Bonchev–Trinajstić information content (AvgIpc) is 2.10. The Morgan fingerprint density at radius 1 is 1.21 bits per heavy atom. The van der Waals surface area contributed by atoms with Gasteiger partial charge in [-0.3, -0.25) is 0 Å². The Hall–Kier alpha value is -0.330. The molecule has 0 rings (SSSR count). The van der Waals surface area contributed by atoms with Crippen molar-refractivity contribution < 1.29 is 27.8 Å². The standard InChI is InChI=1S/C8H15F3O3/c1-3-7(12,8(9,10)11)6-14-5-4-13-2/h12H,3-6H2,1-2H3. The monoisotopic (exact) mass is 216 g/mol. The van der Waals surface area contributed by atoms with Gasteiger partial charge in [0.15, 0.2) is 5.60 Å². The molecular formula is C8H15F3O3. The van der Waals surface area contributed by atoms with Crippen molar-refractivity contribution >= 4 is 0 Å². The second-order valence-electron chi connectivity index (χ2n) is 2.93. The average molecular weight is 216 g/mol. The molecule has 0 aliphatic carbocycles. The molecule has 0 radical (unpaired) electrons. The predicted molar refractivity (Wildman–Crippen MR) is 44.0 cm³/mol. The smallest absolute Gasteiger partial charge is 0.382 e. The van der Waals surface area contributed by atoms with Gasteiger partial charge in [0.05, 0.1) is 19.8 Å². The van der Waals surface area contributed by atoms with Crippen LogP contribution in [0.25, 0.3) is 0 Å². The fraction of sp³-hybridized carbons (Fsp3) is 1.00. The molecule has 1 atom stereocenters. The first kappa shape index (κ1) is 13.7. The van der Waals surface area contributed by atoms with Gasteiger partial charge in [-0.1, -0.05) is 6.92 Å². The van der Waals surface area contributed by atoms with Crippen LogP contribution in [0.5, 0.6) is 0 Å². The van der Waals surface area contributed by atoms with Gasteiger partial charge in [0.25, 0.3) is 0 Å². The fourth-order valence-corrected chi connectivity index (χ4v) is 0.768. The van der Waals surface area contributed by atoms with E-state index in [4.69, 9.17) is 5.11 Å². The zero-order valence-electron chi connectivity index (χ0n) is 8.23. The van der Waals surface area contributed by atoms with Crippen LogP contribution >= 0.6 is 0 Å². The highest BCUT2D eigenvalue weighted by Gasteiger charge is 2.52. The van der Waals surface area contributed by atoms with Crippen molar-refractivity contribution in [3.63, 3.8) is 0 Å². The van der Waals surface area contributed by atoms with E-state index in [0.717, 1.165) is 0 Å². The molecule has 0 spiro atoms. The van der Waals surface area contributed by atoms with E-state index >= 15 is 0 Å². The van der Waals surface area contributed by atoms with Crippen LogP contribution in [0.1, 0.15) is 13.3 Å². The number of alkyl halides is 3. The van der Waals surface area contributed by atoms with Crippen molar-refractivity contribution in [1.29, 1.82) is 0 Å². The van der Waals surface area contributed by atoms with Crippen LogP contribution in [0.3, 0.4) is 0 Å². The van der Waals surface area contributed by atoms with Crippen LogP contribution in [-0.4, -0.2) is 43.8 Å². The Bertz CT molecular complexity index is 160. The maximum Gasteiger partial charge on any atom is 0.419 e. The van der Waals surface area contributed by atoms with Gasteiger partial charge < -0.3 is 14.6 Å². The molecular weight excluding hydrogens is 201 g/mol. The summed E-state index contributed by atoms with van der Waals surface area (Å²) in [6, 6.07) is 0. The lowest BCUT2D eigenvalue weighted by molar-refractivity contribution is -0.276. The molecule has 3 nitrogen and oxygen atoms in total. The minimum atomic E-state index is -4.66. The molecule has 0 aliphatic rings.